The minimum absolute atomic E-state index is 0.159. The van der Waals surface area contributed by atoms with Crippen molar-refractivity contribution in [2.45, 2.75) is 18.9 Å². The Labute approximate surface area is 98.5 Å². The average Bonchev–Trinajstić information content (AvgIpc) is 2.54. The molecule has 3 N–H and O–H groups in total. The molecule has 5 heteroatoms. The van der Waals surface area contributed by atoms with E-state index in [0.29, 0.717) is 11.4 Å². The van der Waals surface area contributed by atoms with Gasteiger partial charge in [0.05, 0.1) is 0 Å². The molecule has 1 aromatic rings. The van der Waals surface area contributed by atoms with Crippen LogP contribution in [0.2, 0.25) is 5.02 Å². The maximum atomic E-state index is 11.9. The molecule has 4 nitrogen and oxygen atoms in total. The van der Waals surface area contributed by atoms with Gasteiger partial charge in [-0.25, -0.2) is 4.99 Å². The summed E-state index contributed by atoms with van der Waals surface area (Å²) >= 11 is 5.91. The second-order valence-corrected chi connectivity index (χ2v) is 4.11. The van der Waals surface area contributed by atoms with Crippen molar-refractivity contribution in [1.29, 1.82) is 0 Å². The minimum atomic E-state index is -0.922. The van der Waals surface area contributed by atoms with Gasteiger partial charge in [0.1, 0.15) is 0 Å². The van der Waals surface area contributed by atoms with Crippen LogP contribution in [0.1, 0.15) is 18.9 Å². The first-order valence-corrected chi connectivity index (χ1v) is 5.39. The highest BCUT2D eigenvalue weighted by atomic mass is 35.5. The second-order valence-electron chi connectivity index (χ2n) is 3.68. The van der Waals surface area contributed by atoms with Gasteiger partial charge in [-0.2, -0.15) is 0 Å². The number of nitrogens with two attached hydrogens (primary N) is 1. The number of hydrogen-bond acceptors (Lipinski definition) is 3. The first-order chi connectivity index (χ1) is 7.58. The fraction of sp³-hybridized carbons (Fsp3) is 0.273. The summed E-state index contributed by atoms with van der Waals surface area (Å²) in [6.07, 6.45) is 0.542. The van der Waals surface area contributed by atoms with Crippen molar-refractivity contribution in [2.24, 2.45) is 10.7 Å². The van der Waals surface area contributed by atoms with Crippen molar-refractivity contribution in [1.82, 2.24) is 5.32 Å². The van der Waals surface area contributed by atoms with Gasteiger partial charge in [-0.05, 0) is 24.1 Å². The summed E-state index contributed by atoms with van der Waals surface area (Å²) in [5.41, 5.74) is 5.38. The van der Waals surface area contributed by atoms with Crippen molar-refractivity contribution < 1.29 is 4.79 Å². The minimum Gasteiger partial charge on any atom is -0.370 e. The van der Waals surface area contributed by atoms with Crippen molar-refractivity contribution in [3.63, 3.8) is 0 Å². The molecule has 0 fully saturated rings. The number of amides is 1. The van der Waals surface area contributed by atoms with Gasteiger partial charge in [0.15, 0.2) is 11.5 Å². The Morgan fingerprint density at radius 2 is 2.31 bits per heavy atom. The quantitative estimate of drug-likeness (QED) is 0.816. The van der Waals surface area contributed by atoms with E-state index >= 15 is 0 Å². The van der Waals surface area contributed by atoms with E-state index in [1.54, 1.807) is 18.2 Å². The molecule has 0 spiro atoms. The maximum Gasteiger partial charge on any atom is 0.259 e. The van der Waals surface area contributed by atoms with Gasteiger partial charge < -0.3 is 5.73 Å². The number of rotatable bonds is 2. The van der Waals surface area contributed by atoms with E-state index in [4.69, 9.17) is 17.3 Å². The SMILES string of the molecule is CCC1(c2cccc(Cl)c2)N=C(N)NC1=O. The summed E-state index contributed by atoms with van der Waals surface area (Å²) in [6, 6.07) is 7.13. The van der Waals surface area contributed by atoms with E-state index in [0.717, 1.165) is 5.56 Å². The van der Waals surface area contributed by atoms with Crippen molar-refractivity contribution in [2.75, 3.05) is 0 Å². The fourth-order valence-electron chi connectivity index (χ4n) is 1.89. The van der Waals surface area contributed by atoms with Crippen molar-refractivity contribution >= 4 is 23.5 Å². The Morgan fingerprint density at radius 3 is 2.81 bits per heavy atom. The van der Waals surface area contributed by atoms with E-state index < -0.39 is 5.54 Å². The van der Waals surface area contributed by atoms with Crippen LogP contribution in [-0.2, 0) is 10.3 Å². The number of hydrogen-bond donors (Lipinski definition) is 2. The third-order valence-corrected chi connectivity index (χ3v) is 2.98. The van der Waals surface area contributed by atoms with E-state index in [1.165, 1.54) is 0 Å². The highest BCUT2D eigenvalue weighted by molar-refractivity contribution is 6.30. The van der Waals surface area contributed by atoms with Crippen LogP contribution in [-0.4, -0.2) is 11.9 Å². The number of guanidine groups is 1. The molecule has 0 saturated heterocycles. The summed E-state index contributed by atoms with van der Waals surface area (Å²) in [7, 11) is 0. The van der Waals surface area contributed by atoms with Crippen LogP contribution in [0.5, 0.6) is 0 Å². The molecule has 0 radical (unpaired) electrons. The van der Waals surface area contributed by atoms with E-state index in [2.05, 4.69) is 10.3 Å². The standard InChI is InChI=1S/C11H12ClN3O/c1-2-11(9(16)14-10(13)15-11)7-4-3-5-8(12)6-7/h3-6H,2H2,1H3,(H3,13,14,15,16). The van der Waals surface area contributed by atoms with Crippen LogP contribution >= 0.6 is 11.6 Å². The van der Waals surface area contributed by atoms with Gasteiger partial charge in [0.25, 0.3) is 5.91 Å². The largest absolute Gasteiger partial charge is 0.370 e. The molecule has 1 aliphatic rings. The fourth-order valence-corrected chi connectivity index (χ4v) is 2.08. The zero-order valence-electron chi connectivity index (χ0n) is 8.83. The molecule has 1 aromatic carbocycles. The Kier molecular flexibility index (Phi) is 2.59. The Bertz CT molecular complexity index is 472. The predicted octanol–water partition coefficient (Wildman–Crippen LogP) is 1.39. The number of carbonyl (C=O) groups excluding carboxylic acids is 1. The van der Waals surface area contributed by atoms with Crippen LogP contribution in [0.15, 0.2) is 29.3 Å². The second kappa shape index (κ2) is 3.79. The van der Waals surface area contributed by atoms with Crippen LogP contribution < -0.4 is 11.1 Å². The molecule has 0 aliphatic carbocycles. The average molecular weight is 238 g/mol. The van der Waals surface area contributed by atoms with E-state index in [-0.39, 0.29) is 11.9 Å². The van der Waals surface area contributed by atoms with Gasteiger partial charge in [-0.1, -0.05) is 30.7 Å². The lowest BCUT2D eigenvalue weighted by molar-refractivity contribution is -0.124. The van der Waals surface area contributed by atoms with Crippen LogP contribution in [0.3, 0.4) is 0 Å². The predicted molar refractivity (Wildman–Crippen MR) is 63.2 cm³/mol. The first kappa shape index (κ1) is 11.0. The van der Waals surface area contributed by atoms with Crippen molar-refractivity contribution in [3.8, 4) is 0 Å². The monoisotopic (exact) mass is 237 g/mol. The van der Waals surface area contributed by atoms with Gasteiger partial charge in [0.2, 0.25) is 0 Å². The Morgan fingerprint density at radius 1 is 1.56 bits per heavy atom. The van der Waals surface area contributed by atoms with Crippen molar-refractivity contribution in [3.05, 3.63) is 34.9 Å². The first-order valence-electron chi connectivity index (χ1n) is 5.01. The summed E-state index contributed by atoms with van der Waals surface area (Å²) in [5.74, 6) is -0.0402. The number of halogens is 1. The Balaban J connectivity index is 2.55. The van der Waals surface area contributed by atoms with Gasteiger partial charge in [0, 0.05) is 5.02 Å². The van der Waals surface area contributed by atoms with Crippen LogP contribution in [0.25, 0.3) is 0 Å². The maximum absolute atomic E-state index is 11.9. The summed E-state index contributed by atoms with van der Waals surface area (Å²) in [6.45, 7) is 1.89. The van der Waals surface area contributed by atoms with E-state index in [1.807, 2.05) is 13.0 Å². The molecule has 0 aromatic heterocycles. The summed E-state index contributed by atoms with van der Waals surface area (Å²) in [4.78, 5) is 16.1. The Hall–Kier alpha value is -1.55. The third-order valence-electron chi connectivity index (χ3n) is 2.74. The zero-order valence-corrected chi connectivity index (χ0v) is 9.58. The van der Waals surface area contributed by atoms with Gasteiger partial charge in [-0.3, -0.25) is 10.1 Å². The molecular weight excluding hydrogens is 226 g/mol. The lowest BCUT2D eigenvalue weighted by Crippen LogP contribution is -2.38. The summed E-state index contributed by atoms with van der Waals surface area (Å²) < 4.78 is 0. The highest BCUT2D eigenvalue weighted by Gasteiger charge is 2.43. The number of benzene rings is 1. The smallest absolute Gasteiger partial charge is 0.259 e. The third kappa shape index (κ3) is 1.55. The normalized spacial score (nSPS) is 24.1. The molecule has 1 heterocycles. The van der Waals surface area contributed by atoms with Crippen LogP contribution in [0.4, 0.5) is 0 Å². The lowest BCUT2D eigenvalue weighted by atomic mass is 9.88. The van der Waals surface area contributed by atoms with E-state index in [9.17, 15) is 4.79 Å². The number of nitrogens with one attached hydrogen (secondary N) is 1. The number of carbonyl (C=O) groups is 1. The lowest BCUT2D eigenvalue weighted by Gasteiger charge is -2.21. The molecular formula is C11H12ClN3O. The highest BCUT2D eigenvalue weighted by Crippen LogP contribution is 2.33. The molecule has 2 rings (SSSR count). The number of nitrogens with zero attached hydrogens (tertiary/aromatic N) is 1. The molecule has 0 bridgehead atoms. The molecule has 1 atom stereocenters. The molecule has 1 aliphatic heterocycles. The molecule has 84 valence electrons. The molecule has 0 saturated carbocycles. The summed E-state index contributed by atoms with van der Waals surface area (Å²) in [5, 5.41) is 3.10. The number of aliphatic imine (C=N–C) groups is 1. The topological polar surface area (TPSA) is 67.5 Å². The van der Waals surface area contributed by atoms with Gasteiger partial charge >= 0.3 is 0 Å². The van der Waals surface area contributed by atoms with Crippen LogP contribution in [0, 0.1) is 0 Å². The van der Waals surface area contributed by atoms with Gasteiger partial charge in [-0.15, -0.1) is 0 Å². The zero-order chi connectivity index (χ0) is 11.8. The molecule has 16 heavy (non-hydrogen) atoms. The molecule has 1 amide bonds. The molecule has 1 unspecified atom stereocenters.